The summed E-state index contributed by atoms with van der Waals surface area (Å²) in [6, 6.07) is 0. The summed E-state index contributed by atoms with van der Waals surface area (Å²) in [5, 5.41) is 0. The van der Waals surface area contributed by atoms with Crippen LogP contribution < -0.4 is 0 Å². The van der Waals surface area contributed by atoms with Crippen molar-refractivity contribution in [3.05, 3.63) is 0 Å². The van der Waals surface area contributed by atoms with E-state index in [4.69, 9.17) is 0 Å². The van der Waals surface area contributed by atoms with Crippen molar-refractivity contribution in [2.24, 2.45) is 0 Å². The van der Waals surface area contributed by atoms with Crippen LogP contribution in [-0.4, -0.2) is 23.6 Å². The molecule has 1 radical (unpaired) electrons. The molecule has 0 aromatic heterocycles. The molecule has 0 aliphatic carbocycles. The first-order valence-electron chi connectivity index (χ1n) is 4.34. The fraction of sp³-hybridized carbons (Fsp3) is 1.00. The van der Waals surface area contributed by atoms with Gasteiger partial charge in [-0.1, -0.05) is 0 Å². The minimum absolute atomic E-state index is 1.19. The molecule has 0 saturated carbocycles. The van der Waals surface area contributed by atoms with E-state index in [0.29, 0.717) is 0 Å². The summed E-state index contributed by atoms with van der Waals surface area (Å²) >= 11 is -1.74. The van der Waals surface area contributed by atoms with E-state index in [1.165, 1.54) is 34.6 Å². The van der Waals surface area contributed by atoms with Crippen molar-refractivity contribution < 1.29 is 3.44 Å². The molecule has 1 N–H and O–H groups in total. The molecule has 0 bridgehead atoms. The van der Waals surface area contributed by atoms with Crippen LogP contribution in [0.2, 0.25) is 8.87 Å². The second-order valence-corrected chi connectivity index (χ2v) is 8.86. The fourth-order valence-electron chi connectivity index (χ4n) is 0.887. The first kappa shape index (κ1) is 10.8. The monoisotopic (exact) mass is 251 g/mol. The number of unbranched alkanes of at least 4 members (excludes halogenated alkanes) is 2. The van der Waals surface area contributed by atoms with Gasteiger partial charge in [-0.25, -0.2) is 0 Å². The Hall–Kier alpha value is 0.759. The second-order valence-electron chi connectivity index (χ2n) is 2.77. The number of hydrogen-bond acceptors (Lipinski definition) is 1. The van der Waals surface area contributed by atoms with Crippen LogP contribution in [0.4, 0.5) is 0 Å². The zero-order valence-corrected chi connectivity index (χ0v) is 10.0. The van der Waals surface area contributed by atoms with Gasteiger partial charge in [-0.05, 0) is 0 Å². The first-order valence-corrected chi connectivity index (χ1v) is 9.66. The van der Waals surface area contributed by atoms with Crippen molar-refractivity contribution in [3.8, 4) is 0 Å². The average Bonchev–Trinajstić information content (AvgIpc) is 1.97. The summed E-state index contributed by atoms with van der Waals surface area (Å²) in [7, 11) is 0. The van der Waals surface area contributed by atoms with Gasteiger partial charge in [0.05, 0.1) is 0 Å². The van der Waals surface area contributed by atoms with Crippen LogP contribution in [-0.2, 0) is 0 Å². The molecule has 0 fully saturated rings. The molecule has 0 rings (SSSR count). The molecule has 0 saturated heterocycles. The minimum atomic E-state index is -1.74. The summed E-state index contributed by atoms with van der Waals surface area (Å²) in [5.41, 5.74) is 0. The molecule has 1 nitrogen and oxygen atoms in total. The van der Waals surface area contributed by atoms with Crippen molar-refractivity contribution in [2.45, 2.75) is 48.4 Å². The molecule has 0 spiro atoms. The summed E-state index contributed by atoms with van der Waals surface area (Å²) in [6.07, 6.45) is 5.01. The molecule has 0 unspecified atom stereocenters. The Kier molecular flexibility index (Phi) is 8.46. The van der Waals surface area contributed by atoms with Crippen LogP contribution in [0.15, 0.2) is 0 Å². The molecule has 0 heterocycles. The number of hydrogen-bond donors (Lipinski definition) is 1. The Bertz CT molecular complexity index is 58.3. The Balaban J connectivity index is 3.00. The van der Waals surface area contributed by atoms with Gasteiger partial charge in [0.1, 0.15) is 0 Å². The van der Waals surface area contributed by atoms with Crippen LogP contribution in [0.1, 0.15) is 39.5 Å². The molecule has 10 heavy (non-hydrogen) atoms. The Morgan fingerprint density at radius 1 is 1.00 bits per heavy atom. The summed E-state index contributed by atoms with van der Waals surface area (Å²) in [4.78, 5) is 0. The van der Waals surface area contributed by atoms with E-state index >= 15 is 0 Å². The van der Waals surface area contributed by atoms with E-state index in [1.54, 1.807) is 0 Å². The average molecular weight is 250 g/mol. The quantitative estimate of drug-likeness (QED) is 0.718. The van der Waals surface area contributed by atoms with Crippen LogP contribution >= 0.6 is 0 Å². The molecule has 2 heteroatoms. The third-order valence-corrected chi connectivity index (χ3v) is 6.95. The van der Waals surface area contributed by atoms with Crippen LogP contribution in [0.25, 0.3) is 0 Å². The predicted molar refractivity (Wildman–Crippen MR) is 47.4 cm³/mol. The zero-order valence-electron chi connectivity index (χ0n) is 7.19. The van der Waals surface area contributed by atoms with Gasteiger partial charge in [0.25, 0.3) is 0 Å². The van der Waals surface area contributed by atoms with Gasteiger partial charge in [-0.2, -0.15) is 0 Å². The Labute approximate surface area is 72.1 Å². The maximum absolute atomic E-state index is 9.51. The standard InChI is InChI=1S/2C4H9.H2O.Sn/c2*1-3-4-2;;/h2*1,3-4H2,2H3;1H2;/q;;;+1/p-1. The molecule has 0 aromatic carbocycles. The van der Waals surface area contributed by atoms with E-state index in [2.05, 4.69) is 13.8 Å². The third-order valence-electron chi connectivity index (χ3n) is 1.64. The van der Waals surface area contributed by atoms with Gasteiger partial charge in [0, 0.05) is 0 Å². The second kappa shape index (κ2) is 7.86. The van der Waals surface area contributed by atoms with Gasteiger partial charge in [0.2, 0.25) is 0 Å². The van der Waals surface area contributed by atoms with E-state index in [9.17, 15) is 3.44 Å². The van der Waals surface area contributed by atoms with E-state index in [-0.39, 0.29) is 0 Å². The molecule has 0 amide bonds. The van der Waals surface area contributed by atoms with Crippen molar-refractivity contribution in [3.63, 3.8) is 0 Å². The summed E-state index contributed by atoms with van der Waals surface area (Å²) in [6.45, 7) is 4.38. The molecule has 0 aliphatic heterocycles. The van der Waals surface area contributed by atoms with Gasteiger partial charge >= 0.3 is 72.0 Å². The van der Waals surface area contributed by atoms with E-state index in [1.807, 2.05) is 0 Å². The van der Waals surface area contributed by atoms with Gasteiger partial charge in [-0.3, -0.25) is 0 Å². The van der Waals surface area contributed by atoms with E-state index in [0.717, 1.165) is 0 Å². The summed E-state index contributed by atoms with van der Waals surface area (Å²) < 4.78 is 11.9. The van der Waals surface area contributed by atoms with Gasteiger partial charge < -0.3 is 0 Å². The Morgan fingerprint density at radius 2 is 1.40 bits per heavy atom. The van der Waals surface area contributed by atoms with Crippen molar-refractivity contribution in [2.75, 3.05) is 0 Å². The zero-order chi connectivity index (χ0) is 7.82. The molecular formula is C8H19OSn. The van der Waals surface area contributed by atoms with Crippen LogP contribution in [0, 0.1) is 0 Å². The van der Waals surface area contributed by atoms with Gasteiger partial charge in [-0.15, -0.1) is 0 Å². The predicted octanol–water partition coefficient (Wildman–Crippen LogP) is 2.57. The number of rotatable bonds is 6. The van der Waals surface area contributed by atoms with E-state index < -0.39 is 20.2 Å². The molecule has 0 aromatic rings. The molecule has 0 atom stereocenters. The van der Waals surface area contributed by atoms with Crippen LogP contribution in [0.3, 0.4) is 0 Å². The fourth-order valence-corrected chi connectivity index (χ4v) is 5.95. The molecular weight excluding hydrogens is 231 g/mol. The molecule has 61 valence electrons. The topological polar surface area (TPSA) is 20.2 Å². The third kappa shape index (κ3) is 6.87. The van der Waals surface area contributed by atoms with Crippen molar-refractivity contribution in [1.82, 2.24) is 0 Å². The molecule has 0 aliphatic rings. The Morgan fingerprint density at radius 3 is 1.70 bits per heavy atom. The summed E-state index contributed by atoms with van der Waals surface area (Å²) in [5.74, 6) is 0. The van der Waals surface area contributed by atoms with Gasteiger partial charge in [0.15, 0.2) is 0 Å². The SMILES string of the molecule is CCC[CH2][Sn]([OH])[CH2]CCC. The first-order chi connectivity index (χ1) is 4.81. The normalized spacial score (nSPS) is 10.8. The van der Waals surface area contributed by atoms with Crippen LogP contribution in [0.5, 0.6) is 0 Å². The maximum atomic E-state index is 9.51. The van der Waals surface area contributed by atoms with Crippen molar-refractivity contribution >= 4 is 20.2 Å². The van der Waals surface area contributed by atoms with Crippen molar-refractivity contribution in [1.29, 1.82) is 0 Å².